The highest BCUT2D eigenvalue weighted by Gasteiger charge is 2.36. The quantitative estimate of drug-likeness (QED) is 0.871. The largest absolute Gasteiger partial charge is 0.486 e. The number of carbonyl (C=O) groups is 1. The van der Waals surface area contributed by atoms with Gasteiger partial charge in [-0.2, -0.15) is 0 Å². The Morgan fingerprint density at radius 3 is 2.65 bits per heavy atom. The van der Waals surface area contributed by atoms with Gasteiger partial charge in [0, 0.05) is 17.5 Å². The van der Waals surface area contributed by atoms with E-state index in [0.29, 0.717) is 36.8 Å². The predicted octanol–water partition coefficient (Wildman–Crippen LogP) is 1.35. The summed E-state index contributed by atoms with van der Waals surface area (Å²) in [6, 6.07) is 5.19. The Morgan fingerprint density at radius 1 is 1.25 bits per heavy atom. The van der Waals surface area contributed by atoms with Gasteiger partial charge in [0.25, 0.3) is 5.91 Å². The van der Waals surface area contributed by atoms with Gasteiger partial charge in [-0.25, -0.2) is 0 Å². The third-order valence-electron chi connectivity index (χ3n) is 4.18. The molecular weight excluding hydrogens is 258 g/mol. The van der Waals surface area contributed by atoms with Crippen LogP contribution in [0.3, 0.4) is 0 Å². The molecule has 2 aliphatic rings. The van der Waals surface area contributed by atoms with Crippen LogP contribution in [0.25, 0.3) is 0 Å². The Bertz CT molecular complexity index is 505. The fourth-order valence-electron chi connectivity index (χ4n) is 2.62. The van der Waals surface area contributed by atoms with Crippen molar-refractivity contribution >= 4 is 5.91 Å². The molecule has 1 aliphatic carbocycles. The summed E-state index contributed by atoms with van der Waals surface area (Å²) >= 11 is 0. The molecule has 1 heterocycles. The monoisotopic (exact) mass is 277 g/mol. The van der Waals surface area contributed by atoms with Crippen LogP contribution in [0.2, 0.25) is 0 Å². The van der Waals surface area contributed by atoms with E-state index < -0.39 is 0 Å². The zero-order chi connectivity index (χ0) is 14.0. The highest BCUT2D eigenvalue weighted by atomic mass is 16.6. The second-order valence-electron chi connectivity index (χ2n) is 5.55. The predicted molar refractivity (Wildman–Crippen MR) is 73.1 cm³/mol. The molecule has 3 rings (SSSR count). The van der Waals surface area contributed by atoms with Crippen LogP contribution in [-0.2, 0) is 0 Å². The summed E-state index contributed by atoms with van der Waals surface area (Å²) in [5.74, 6) is 1.16. The van der Waals surface area contributed by atoms with E-state index in [9.17, 15) is 9.90 Å². The summed E-state index contributed by atoms with van der Waals surface area (Å²) < 4.78 is 10.9. The lowest BCUT2D eigenvalue weighted by atomic mass is 9.69. The maximum atomic E-state index is 12.1. The number of ether oxygens (including phenoxy) is 2. The first kappa shape index (κ1) is 13.2. The van der Waals surface area contributed by atoms with Crippen molar-refractivity contribution < 1.29 is 19.4 Å². The molecule has 0 saturated heterocycles. The molecule has 0 unspecified atom stereocenters. The molecule has 2 N–H and O–H groups in total. The normalized spacial score (nSPS) is 19.1. The van der Waals surface area contributed by atoms with Crippen molar-refractivity contribution in [3.8, 4) is 11.5 Å². The van der Waals surface area contributed by atoms with Crippen molar-refractivity contribution in [2.24, 2.45) is 5.41 Å². The fourth-order valence-corrected chi connectivity index (χ4v) is 2.62. The van der Waals surface area contributed by atoms with Crippen molar-refractivity contribution in [2.45, 2.75) is 19.3 Å². The average Bonchev–Trinajstić information content (AvgIpc) is 2.46. The van der Waals surface area contributed by atoms with E-state index in [4.69, 9.17) is 9.47 Å². The van der Waals surface area contributed by atoms with E-state index in [2.05, 4.69) is 5.32 Å². The van der Waals surface area contributed by atoms with E-state index in [0.717, 1.165) is 19.3 Å². The maximum Gasteiger partial charge on any atom is 0.251 e. The van der Waals surface area contributed by atoms with Gasteiger partial charge in [0.05, 0.1) is 6.61 Å². The van der Waals surface area contributed by atoms with Crippen LogP contribution in [0.4, 0.5) is 0 Å². The van der Waals surface area contributed by atoms with E-state index >= 15 is 0 Å². The molecule has 1 aromatic rings. The molecule has 1 aliphatic heterocycles. The molecule has 5 nitrogen and oxygen atoms in total. The van der Waals surface area contributed by atoms with Crippen molar-refractivity contribution in [2.75, 3.05) is 26.4 Å². The van der Waals surface area contributed by atoms with Gasteiger partial charge in [0.15, 0.2) is 11.5 Å². The molecule has 0 atom stereocenters. The minimum Gasteiger partial charge on any atom is -0.486 e. The topological polar surface area (TPSA) is 67.8 Å². The van der Waals surface area contributed by atoms with Gasteiger partial charge in [0.2, 0.25) is 0 Å². The number of amides is 1. The van der Waals surface area contributed by atoms with Crippen molar-refractivity contribution in [3.63, 3.8) is 0 Å². The summed E-state index contributed by atoms with van der Waals surface area (Å²) in [5.41, 5.74) is 0.449. The number of aliphatic hydroxyl groups is 1. The number of hydrogen-bond acceptors (Lipinski definition) is 4. The molecule has 108 valence electrons. The van der Waals surface area contributed by atoms with Gasteiger partial charge < -0.3 is 19.9 Å². The molecule has 0 radical (unpaired) electrons. The van der Waals surface area contributed by atoms with Crippen molar-refractivity contribution in [3.05, 3.63) is 23.8 Å². The maximum absolute atomic E-state index is 12.1. The summed E-state index contributed by atoms with van der Waals surface area (Å²) in [7, 11) is 0. The summed E-state index contributed by atoms with van der Waals surface area (Å²) in [5, 5.41) is 12.3. The number of fused-ring (bicyclic) bond motifs is 1. The number of rotatable bonds is 4. The Kier molecular flexibility index (Phi) is 3.53. The highest BCUT2D eigenvalue weighted by Crippen LogP contribution is 2.39. The average molecular weight is 277 g/mol. The van der Waals surface area contributed by atoms with E-state index in [1.54, 1.807) is 18.2 Å². The SMILES string of the molecule is O=C(NCC1(CO)CCC1)c1ccc2c(c1)OCCO2. The molecule has 1 saturated carbocycles. The second-order valence-corrected chi connectivity index (χ2v) is 5.55. The Balaban J connectivity index is 1.65. The van der Waals surface area contributed by atoms with Gasteiger partial charge >= 0.3 is 0 Å². The Hall–Kier alpha value is -1.75. The van der Waals surface area contributed by atoms with Crippen LogP contribution in [0.5, 0.6) is 11.5 Å². The first-order valence-electron chi connectivity index (χ1n) is 7.01. The molecule has 1 fully saturated rings. The van der Waals surface area contributed by atoms with Gasteiger partial charge in [-0.15, -0.1) is 0 Å². The summed E-state index contributed by atoms with van der Waals surface area (Å²) in [6.45, 7) is 1.70. The number of hydrogen-bond donors (Lipinski definition) is 2. The number of aliphatic hydroxyl groups excluding tert-OH is 1. The third-order valence-corrected chi connectivity index (χ3v) is 4.18. The molecule has 5 heteroatoms. The van der Waals surface area contributed by atoms with E-state index in [-0.39, 0.29) is 17.9 Å². The minimum atomic E-state index is -0.137. The Morgan fingerprint density at radius 2 is 2.00 bits per heavy atom. The first-order valence-corrected chi connectivity index (χ1v) is 7.01. The van der Waals surface area contributed by atoms with Crippen molar-refractivity contribution in [1.29, 1.82) is 0 Å². The van der Waals surface area contributed by atoms with Crippen LogP contribution < -0.4 is 14.8 Å². The summed E-state index contributed by atoms with van der Waals surface area (Å²) in [6.07, 6.45) is 3.08. The lowest BCUT2D eigenvalue weighted by molar-refractivity contribution is 0.0429. The zero-order valence-corrected chi connectivity index (χ0v) is 11.4. The molecule has 1 aromatic carbocycles. The first-order chi connectivity index (χ1) is 9.72. The minimum absolute atomic E-state index is 0.108. The molecule has 0 bridgehead atoms. The van der Waals surface area contributed by atoms with Gasteiger partial charge in [-0.3, -0.25) is 4.79 Å². The lowest BCUT2D eigenvalue weighted by Crippen LogP contribution is -2.44. The van der Waals surface area contributed by atoms with Crippen LogP contribution in [0.15, 0.2) is 18.2 Å². The highest BCUT2D eigenvalue weighted by molar-refractivity contribution is 5.94. The third kappa shape index (κ3) is 2.45. The van der Waals surface area contributed by atoms with Gasteiger partial charge in [-0.05, 0) is 31.0 Å². The number of benzene rings is 1. The smallest absolute Gasteiger partial charge is 0.251 e. The molecular formula is C15H19NO4. The van der Waals surface area contributed by atoms with E-state index in [1.165, 1.54) is 0 Å². The van der Waals surface area contributed by atoms with Crippen LogP contribution in [-0.4, -0.2) is 37.4 Å². The lowest BCUT2D eigenvalue weighted by Gasteiger charge is -2.40. The fraction of sp³-hybridized carbons (Fsp3) is 0.533. The van der Waals surface area contributed by atoms with E-state index in [1.807, 2.05) is 0 Å². The Labute approximate surface area is 117 Å². The second kappa shape index (κ2) is 5.32. The van der Waals surface area contributed by atoms with Crippen LogP contribution in [0, 0.1) is 5.41 Å². The molecule has 1 amide bonds. The van der Waals surface area contributed by atoms with Gasteiger partial charge in [-0.1, -0.05) is 6.42 Å². The number of carbonyl (C=O) groups excluding carboxylic acids is 1. The molecule has 0 aromatic heterocycles. The van der Waals surface area contributed by atoms with Gasteiger partial charge in [0.1, 0.15) is 13.2 Å². The standard InChI is InChI=1S/C15H19NO4/c17-10-15(4-1-5-15)9-16-14(18)11-2-3-12-13(8-11)20-7-6-19-12/h2-3,8,17H,1,4-7,9-10H2,(H,16,18). The molecule has 0 spiro atoms. The number of nitrogens with one attached hydrogen (secondary N) is 1. The summed E-state index contributed by atoms with van der Waals surface area (Å²) in [4.78, 5) is 12.1. The van der Waals surface area contributed by atoms with Crippen LogP contribution in [0.1, 0.15) is 29.6 Å². The van der Waals surface area contributed by atoms with Crippen molar-refractivity contribution in [1.82, 2.24) is 5.32 Å². The molecule has 20 heavy (non-hydrogen) atoms. The zero-order valence-electron chi connectivity index (χ0n) is 11.4. The van der Waals surface area contributed by atoms with Crippen LogP contribution >= 0.6 is 0 Å².